The fourth-order valence-corrected chi connectivity index (χ4v) is 2.98. The molecule has 0 radical (unpaired) electrons. The first-order chi connectivity index (χ1) is 12.3. The van der Waals surface area contributed by atoms with Crippen molar-refractivity contribution in [3.8, 4) is 0 Å². The fourth-order valence-electron chi connectivity index (χ4n) is 2.98. The number of ether oxygens (including phenoxy) is 1. The Morgan fingerprint density at radius 1 is 1.12 bits per heavy atom. The molecule has 9 heteroatoms. The lowest BCUT2D eigenvalue weighted by atomic mass is 10.0. The van der Waals surface area contributed by atoms with Gasteiger partial charge in [0.1, 0.15) is 11.6 Å². The van der Waals surface area contributed by atoms with Crippen molar-refractivity contribution in [3.63, 3.8) is 0 Å². The van der Waals surface area contributed by atoms with Crippen molar-refractivity contribution in [1.82, 2.24) is 30.2 Å². The normalized spacial score (nSPS) is 16.8. The highest BCUT2D eigenvalue weighted by molar-refractivity contribution is 5.42. The van der Waals surface area contributed by atoms with Crippen LogP contribution in [-0.4, -0.2) is 63.0 Å². The van der Waals surface area contributed by atoms with E-state index in [9.17, 15) is 4.39 Å². The van der Waals surface area contributed by atoms with Crippen molar-refractivity contribution < 1.29 is 9.13 Å². The fraction of sp³-hybridized carbons (Fsp3) is 0.375. The van der Waals surface area contributed by atoms with E-state index in [1.165, 1.54) is 16.8 Å². The van der Waals surface area contributed by atoms with Crippen LogP contribution in [0.3, 0.4) is 0 Å². The highest BCUT2D eigenvalue weighted by Crippen LogP contribution is 2.23. The average molecular weight is 343 g/mol. The number of nitrogens with zero attached hydrogens (tertiary/aromatic N) is 6. The minimum atomic E-state index is -0.233. The summed E-state index contributed by atoms with van der Waals surface area (Å²) >= 11 is 0. The topological polar surface area (TPSA) is 80.5 Å². The van der Waals surface area contributed by atoms with Gasteiger partial charge in [-0.05, 0) is 40.3 Å². The molecular weight excluding hydrogens is 325 g/mol. The molecule has 25 heavy (non-hydrogen) atoms. The van der Waals surface area contributed by atoms with Crippen LogP contribution in [0.25, 0.3) is 5.65 Å². The maximum atomic E-state index is 13.3. The van der Waals surface area contributed by atoms with Crippen LogP contribution in [0.2, 0.25) is 0 Å². The summed E-state index contributed by atoms with van der Waals surface area (Å²) in [6.45, 7) is 3.71. The van der Waals surface area contributed by atoms with Gasteiger partial charge in [0.25, 0.3) is 0 Å². The number of hydrogen-bond donors (Lipinski definition) is 1. The molecule has 0 amide bonds. The molecule has 0 saturated carbocycles. The predicted octanol–water partition coefficient (Wildman–Crippen LogP) is 1.14. The van der Waals surface area contributed by atoms with Crippen LogP contribution in [0.5, 0.6) is 0 Å². The molecule has 8 nitrogen and oxygen atoms in total. The van der Waals surface area contributed by atoms with E-state index in [1.54, 1.807) is 6.07 Å². The minimum Gasteiger partial charge on any atom is -0.379 e. The van der Waals surface area contributed by atoms with E-state index in [-0.39, 0.29) is 11.9 Å². The summed E-state index contributed by atoms with van der Waals surface area (Å²) in [4.78, 5) is 2.33. The van der Waals surface area contributed by atoms with Crippen molar-refractivity contribution in [3.05, 3.63) is 47.8 Å². The molecule has 1 saturated heterocycles. The molecule has 3 aromatic rings. The first-order valence-corrected chi connectivity index (χ1v) is 8.16. The number of fused-ring (bicyclic) bond motifs is 1. The van der Waals surface area contributed by atoms with Gasteiger partial charge in [-0.2, -0.15) is 0 Å². The number of hydrogen-bond acceptors (Lipinski definition) is 7. The van der Waals surface area contributed by atoms with E-state index < -0.39 is 0 Å². The summed E-state index contributed by atoms with van der Waals surface area (Å²) in [5, 5.41) is 18.9. The first-order valence-electron chi connectivity index (χ1n) is 8.16. The number of rotatable bonds is 5. The predicted molar refractivity (Wildman–Crippen MR) is 88.6 cm³/mol. The van der Waals surface area contributed by atoms with E-state index in [2.05, 4.69) is 30.8 Å². The Morgan fingerprint density at radius 2 is 1.92 bits per heavy atom. The lowest BCUT2D eigenvalue weighted by Crippen LogP contribution is -2.41. The minimum absolute atomic E-state index is 0.0934. The van der Waals surface area contributed by atoms with Gasteiger partial charge in [-0.3, -0.25) is 4.90 Å². The van der Waals surface area contributed by atoms with Gasteiger partial charge in [0.15, 0.2) is 5.65 Å². The van der Waals surface area contributed by atoms with Crippen molar-refractivity contribution in [1.29, 1.82) is 0 Å². The molecule has 0 spiro atoms. The largest absolute Gasteiger partial charge is 0.379 e. The number of morpholine rings is 1. The number of tetrazole rings is 1. The zero-order valence-corrected chi connectivity index (χ0v) is 13.5. The zero-order valence-electron chi connectivity index (χ0n) is 13.5. The van der Waals surface area contributed by atoms with E-state index in [0.717, 1.165) is 18.7 Å². The third kappa shape index (κ3) is 3.57. The molecule has 0 aliphatic carbocycles. The monoisotopic (exact) mass is 343 g/mol. The highest BCUT2D eigenvalue weighted by Gasteiger charge is 2.22. The average Bonchev–Trinajstić information content (AvgIpc) is 3.12. The summed E-state index contributed by atoms with van der Waals surface area (Å²) in [6, 6.07) is 10.4. The molecule has 1 aromatic carbocycles. The quantitative estimate of drug-likeness (QED) is 0.744. The van der Waals surface area contributed by atoms with Crippen LogP contribution < -0.4 is 5.32 Å². The van der Waals surface area contributed by atoms with E-state index >= 15 is 0 Å². The molecule has 1 N–H and O–H groups in total. The van der Waals surface area contributed by atoms with Gasteiger partial charge in [-0.15, -0.1) is 14.8 Å². The number of benzene rings is 1. The van der Waals surface area contributed by atoms with E-state index in [1.807, 2.05) is 18.2 Å². The standard InChI is InChI=1S/C16H18FN7O/c17-13-3-1-12(2-4-13)14(23-7-9-25-10-8-23)11-18-15-5-6-16-19-21-22-24(16)20-15/h1-6,14H,7-11H2,(H,18,20)/t14-/m0/s1. The molecule has 1 atom stereocenters. The molecule has 130 valence electrons. The van der Waals surface area contributed by atoms with Gasteiger partial charge in [0.2, 0.25) is 0 Å². The second kappa shape index (κ2) is 7.08. The summed E-state index contributed by atoms with van der Waals surface area (Å²) < 4.78 is 20.1. The smallest absolute Gasteiger partial charge is 0.200 e. The number of nitrogens with one attached hydrogen (secondary N) is 1. The lowest BCUT2D eigenvalue weighted by molar-refractivity contribution is 0.0187. The number of anilines is 1. The molecule has 4 rings (SSSR count). The molecule has 0 bridgehead atoms. The van der Waals surface area contributed by atoms with Gasteiger partial charge in [0, 0.05) is 19.6 Å². The number of aromatic nitrogens is 5. The third-order valence-electron chi connectivity index (χ3n) is 4.29. The molecule has 1 fully saturated rings. The molecule has 1 aliphatic rings. The second-order valence-electron chi connectivity index (χ2n) is 5.84. The molecule has 3 heterocycles. The van der Waals surface area contributed by atoms with Crippen molar-refractivity contribution >= 4 is 11.5 Å². The molecule has 1 aliphatic heterocycles. The Labute approximate surface area is 143 Å². The van der Waals surface area contributed by atoms with Gasteiger partial charge < -0.3 is 10.1 Å². The van der Waals surface area contributed by atoms with Crippen LogP contribution in [0, 0.1) is 5.82 Å². The summed E-state index contributed by atoms with van der Waals surface area (Å²) in [7, 11) is 0. The molecule has 0 unspecified atom stereocenters. The molecular formula is C16H18FN7O. The van der Waals surface area contributed by atoms with Crippen molar-refractivity contribution in [2.75, 3.05) is 38.2 Å². The zero-order chi connectivity index (χ0) is 17.1. The van der Waals surface area contributed by atoms with Gasteiger partial charge in [-0.1, -0.05) is 12.1 Å². The maximum Gasteiger partial charge on any atom is 0.200 e. The van der Waals surface area contributed by atoms with Gasteiger partial charge >= 0.3 is 0 Å². The van der Waals surface area contributed by atoms with E-state index in [4.69, 9.17) is 4.74 Å². The highest BCUT2D eigenvalue weighted by atomic mass is 19.1. The lowest BCUT2D eigenvalue weighted by Gasteiger charge is -2.35. The number of halogens is 1. The van der Waals surface area contributed by atoms with E-state index in [0.29, 0.717) is 31.2 Å². The van der Waals surface area contributed by atoms with Crippen molar-refractivity contribution in [2.24, 2.45) is 0 Å². The van der Waals surface area contributed by atoms with Crippen LogP contribution in [0.4, 0.5) is 10.2 Å². The van der Waals surface area contributed by atoms with Crippen LogP contribution in [-0.2, 0) is 4.74 Å². The maximum absolute atomic E-state index is 13.3. The molecule has 2 aromatic heterocycles. The third-order valence-corrected chi connectivity index (χ3v) is 4.29. The van der Waals surface area contributed by atoms with Gasteiger partial charge in [-0.25, -0.2) is 4.39 Å². The summed E-state index contributed by atoms with van der Waals surface area (Å²) in [5.41, 5.74) is 1.65. The van der Waals surface area contributed by atoms with Gasteiger partial charge in [0.05, 0.1) is 19.3 Å². The van der Waals surface area contributed by atoms with Crippen LogP contribution >= 0.6 is 0 Å². The Morgan fingerprint density at radius 3 is 2.72 bits per heavy atom. The Balaban J connectivity index is 1.53. The Bertz CT molecular complexity index is 832. The van der Waals surface area contributed by atoms with Crippen LogP contribution in [0.1, 0.15) is 11.6 Å². The summed E-state index contributed by atoms with van der Waals surface area (Å²) in [6.07, 6.45) is 0. The van der Waals surface area contributed by atoms with Crippen LogP contribution in [0.15, 0.2) is 36.4 Å². The second-order valence-corrected chi connectivity index (χ2v) is 5.84. The Kier molecular flexibility index (Phi) is 4.49. The van der Waals surface area contributed by atoms with Crippen molar-refractivity contribution in [2.45, 2.75) is 6.04 Å². The summed E-state index contributed by atoms with van der Waals surface area (Å²) in [5.74, 6) is 0.448. The Hall–Kier alpha value is -2.65. The SMILES string of the molecule is Fc1ccc([C@H](CNc2ccc3nnnn3n2)N2CCOCC2)cc1. The first kappa shape index (κ1) is 15.9.